The number of carbonyl (C=O) groups is 2. The quantitative estimate of drug-likeness (QED) is 0.207. The van der Waals surface area contributed by atoms with Crippen LogP contribution in [0.25, 0.3) is 0 Å². The maximum absolute atomic E-state index is 14.3. The van der Waals surface area contributed by atoms with Gasteiger partial charge in [0.25, 0.3) is 10.0 Å². The molecule has 1 N–H and O–H groups in total. The minimum absolute atomic E-state index is 0.0473. The highest BCUT2D eigenvalue weighted by Crippen LogP contribution is 2.33. The molecular weight excluding hydrogens is 625 g/mol. The number of aryl methyl sites for hydroxylation is 2. The predicted octanol–water partition coefficient (Wildman–Crippen LogP) is 6.16. The second-order valence-corrected chi connectivity index (χ2v) is 13.2. The number of unbranched alkanes of at least 4 members (excludes halogenated alkanes) is 1. The van der Waals surface area contributed by atoms with Crippen molar-refractivity contribution in [3.05, 3.63) is 81.3 Å². The molecule has 3 rings (SSSR count). The van der Waals surface area contributed by atoms with Crippen LogP contribution < -0.4 is 19.1 Å². The number of hydrogen-bond acceptors (Lipinski definition) is 6. The molecule has 0 aliphatic heterocycles. The number of amides is 2. The molecule has 0 heterocycles. The van der Waals surface area contributed by atoms with E-state index in [4.69, 9.17) is 32.7 Å². The molecule has 1 atom stereocenters. The van der Waals surface area contributed by atoms with E-state index in [1.807, 2.05) is 26.8 Å². The molecule has 12 heteroatoms. The highest BCUT2D eigenvalue weighted by Gasteiger charge is 2.33. The fourth-order valence-electron chi connectivity index (χ4n) is 4.68. The third-order valence-corrected chi connectivity index (χ3v) is 9.43. The summed E-state index contributed by atoms with van der Waals surface area (Å²) in [5.41, 5.74) is 2.48. The number of hydrogen-bond donors (Lipinski definition) is 1. The molecule has 9 nitrogen and oxygen atoms in total. The molecule has 0 fully saturated rings. The summed E-state index contributed by atoms with van der Waals surface area (Å²) in [6.45, 7) is 7.12. The Balaban J connectivity index is 2.10. The lowest BCUT2D eigenvalue weighted by molar-refractivity contribution is -0.139. The Morgan fingerprint density at radius 2 is 1.59 bits per heavy atom. The van der Waals surface area contributed by atoms with Crippen LogP contribution >= 0.6 is 23.2 Å². The number of anilines is 1. The van der Waals surface area contributed by atoms with Crippen molar-refractivity contribution < 1.29 is 27.5 Å². The van der Waals surface area contributed by atoms with E-state index in [-0.39, 0.29) is 23.1 Å². The SMILES string of the molecule is CCCCNC(=O)[C@H](C)N(Cc1ccc(Cl)cc1Cl)C(=O)CN(c1cc(C)cc(C)c1)S(=O)(=O)c1ccc(OC)c(OC)c1. The maximum atomic E-state index is 14.3. The second-order valence-electron chi connectivity index (χ2n) is 10.5. The van der Waals surface area contributed by atoms with E-state index >= 15 is 0 Å². The summed E-state index contributed by atoms with van der Waals surface area (Å²) >= 11 is 12.5. The molecule has 44 heavy (non-hydrogen) atoms. The van der Waals surface area contributed by atoms with Gasteiger partial charge < -0.3 is 19.7 Å². The van der Waals surface area contributed by atoms with E-state index < -0.39 is 28.5 Å². The minimum Gasteiger partial charge on any atom is -0.493 e. The number of ether oxygens (including phenoxy) is 2. The Morgan fingerprint density at radius 3 is 2.18 bits per heavy atom. The molecule has 0 aromatic heterocycles. The van der Waals surface area contributed by atoms with Gasteiger partial charge in [0.2, 0.25) is 11.8 Å². The molecule has 0 saturated carbocycles. The maximum Gasteiger partial charge on any atom is 0.264 e. The summed E-state index contributed by atoms with van der Waals surface area (Å²) in [6, 6.07) is 13.5. The van der Waals surface area contributed by atoms with E-state index in [1.165, 1.54) is 37.3 Å². The van der Waals surface area contributed by atoms with E-state index in [1.54, 1.807) is 37.3 Å². The number of benzene rings is 3. The summed E-state index contributed by atoms with van der Waals surface area (Å²) in [5, 5.41) is 3.60. The number of nitrogens with zero attached hydrogens (tertiary/aromatic N) is 2. The zero-order valence-corrected chi connectivity index (χ0v) is 28.1. The fraction of sp³-hybridized carbons (Fsp3) is 0.375. The number of nitrogens with one attached hydrogen (secondary N) is 1. The van der Waals surface area contributed by atoms with Crippen LogP contribution in [-0.4, -0.2) is 58.5 Å². The molecule has 0 aliphatic rings. The van der Waals surface area contributed by atoms with Crippen molar-refractivity contribution in [2.45, 2.75) is 58.0 Å². The van der Waals surface area contributed by atoms with E-state index in [0.29, 0.717) is 33.6 Å². The molecule has 0 saturated heterocycles. The smallest absolute Gasteiger partial charge is 0.264 e. The van der Waals surface area contributed by atoms with Gasteiger partial charge in [-0.25, -0.2) is 8.42 Å². The Kier molecular flexibility index (Phi) is 12.3. The van der Waals surface area contributed by atoms with E-state index in [0.717, 1.165) is 28.3 Å². The van der Waals surface area contributed by atoms with Crippen molar-refractivity contribution in [2.75, 3.05) is 31.6 Å². The normalized spacial score (nSPS) is 11.9. The van der Waals surface area contributed by atoms with Crippen molar-refractivity contribution >= 4 is 50.7 Å². The lowest BCUT2D eigenvalue weighted by Crippen LogP contribution is -2.51. The predicted molar refractivity (Wildman–Crippen MR) is 174 cm³/mol. The van der Waals surface area contributed by atoms with Crippen LogP contribution in [0, 0.1) is 13.8 Å². The molecule has 3 aromatic carbocycles. The summed E-state index contributed by atoms with van der Waals surface area (Å²) in [6.07, 6.45) is 1.66. The van der Waals surface area contributed by atoms with Gasteiger partial charge in [0.15, 0.2) is 11.5 Å². The lowest BCUT2D eigenvalue weighted by atomic mass is 10.1. The number of rotatable bonds is 14. The lowest BCUT2D eigenvalue weighted by Gasteiger charge is -2.32. The topological polar surface area (TPSA) is 105 Å². The largest absolute Gasteiger partial charge is 0.493 e. The number of halogens is 2. The highest BCUT2D eigenvalue weighted by molar-refractivity contribution is 7.92. The number of carbonyl (C=O) groups excluding carboxylic acids is 2. The Morgan fingerprint density at radius 1 is 0.932 bits per heavy atom. The summed E-state index contributed by atoms with van der Waals surface area (Å²) < 4.78 is 40.2. The van der Waals surface area contributed by atoms with Crippen LogP contribution in [0.2, 0.25) is 10.0 Å². The van der Waals surface area contributed by atoms with Gasteiger partial charge in [-0.2, -0.15) is 0 Å². The van der Waals surface area contributed by atoms with E-state index in [9.17, 15) is 18.0 Å². The first kappa shape index (κ1) is 35.0. The van der Waals surface area contributed by atoms with Crippen LogP contribution in [0.5, 0.6) is 11.5 Å². The molecule has 238 valence electrons. The molecule has 0 radical (unpaired) electrons. The van der Waals surface area contributed by atoms with Crippen LogP contribution in [0.3, 0.4) is 0 Å². The summed E-state index contributed by atoms with van der Waals surface area (Å²) in [7, 11) is -1.46. The zero-order valence-electron chi connectivity index (χ0n) is 25.8. The average molecular weight is 665 g/mol. The van der Waals surface area contributed by atoms with Crippen LogP contribution in [0.15, 0.2) is 59.5 Å². The van der Waals surface area contributed by atoms with Crippen molar-refractivity contribution in [3.8, 4) is 11.5 Å². The molecule has 0 spiro atoms. The van der Waals surface area contributed by atoms with Crippen LogP contribution in [-0.2, 0) is 26.2 Å². The van der Waals surface area contributed by atoms with Crippen molar-refractivity contribution in [1.29, 1.82) is 0 Å². The molecule has 0 bridgehead atoms. The van der Waals surface area contributed by atoms with Gasteiger partial charge in [0, 0.05) is 29.2 Å². The molecular formula is C32H39Cl2N3O6S. The molecule has 0 aliphatic carbocycles. The van der Waals surface area contributed by atoms with Crippen molar-refractivity contribution in [2.24, 2.45) is 0 Å². The number of sulfonamides is 1. The number of methoxy groups -OCH3 is 2. The van der Waals surface area contributed by atoms with Gasteiger partial charge in [0.05, 0.1) is 24.8 Å². The Hall–Kier alpha value is -3.47. The highest BCUT2D eigenvalue weighted by atomic mass is 35.5. The first-order chi connectivity index (χ1) is 20.8. The summed E-state index contributed by atoms with van der Waals surface area (Å²) in [5.74, 6) is -0.388. The van der Waals surface area contributed by atoms with Crippen LogP contribution in [0.4, 0.5) is 5.69 Å². The Labute approximate surface area is 270 Å². The van der Waals surface area contributed by atoms with Crippen LogP contribution in [0.1, 0.15) is 43.4 Å². The molecule has 3 aromatic rings. The summed E-state index contributed by atoms with van der Waals surface area (Å²) in [4.78, 5) is 28.6. The second kappa shape index (κ2) is 15.5. The van der Waals surface area contributed by atoms with Gasteiger partial charge in [-0.15, -0.1) is 0 Å². The van der Waals surface area contributed by atoms with Gasteiger partial charge in [-0.05, 0) is 80.3 Å². The molecule has 0 unspecified atom stereocenters. The third kappa shape index (κ3) is 8.58. The average Bonchev–Trinajstić information content (AvgIpc) is 2.98. The van der Waals surface area contributed by atoms with Gasteiger partial charge >= 0.3 is 0 Å². The van der Waals surface area contributed by atoms with Crippen molar-refractivity contribution in [1.82, 2.24) is 10.2 Å². The van der Waals surface area contributed by atoms with Gasteiger partial charge in [-0.3, -0.25) is 13.9 Å². The minimum atomic E-state index is -4.32. The van der Waals surface area contributed by atoms with Gasteiger partial charge in [0.1, 0.15) is 12.6 Å². The monoisotopic (exact) mass is 663 g/mol. The molecule has 2 amide bonds. The van der Waals surface area contributed by atoms with Crippen molar-refractivity contribution in [3.63, 3.8) is 0 Å². The van der Waals surface area contributed by atoms with E-state index in [2.05, 4.69) is 5.32 Å². The zero-order chi connectivity index (χ0) is 32.6. The Bertz CT molecular complexity index is 1580. The fourth-order valence-corrected chi connectivity index (χ4v) is 6.56. The first-order valence-corrected chi connectivity index (χ1v) is 16.4. The van der Waals surface area contributed by atoms with Gasteiger partial charge in [-0.1, -0.05) is 48.7 Å². The standard InChI is InChI=1S/C32H39Cl2N3O6S/c1-7-8-13-35-32(39)23(4)36(19-24-9-10-25(33)17-28(24)34)31(38)20-37(26-15-21(2)14-22(3)16-26)44(40,41)27-11-12-29(42-5)30(18-27)43-6/h9-12,14-18,23H,7-8,13,19-20H2,1-6H3,(H,35,39)/t23-/m0/s1. The third-order valence-electron chi connectivity index (χ3n) is 7.07. The first-order valence-electron chi connectivity index (χ1n) is 14.2.